The van der Waals surface area contributed by atoms with Gasteiger partial charge >= 0.3 is 0 Å². The number of hydrogen-bond donors (Lipinski definition) is 0. The molecule has 0 radical (unpaired) electrons. The minimum Gasteiger partial charge on any atom is -0.292 e. The van der Waals surface area contributed by atoms with Crippen molar-refractivity contribution in [3.8, 4) is 0 Å². The second-order valence-corrected chi connectivity index (χ2v) is 5.50. The Hall–Kier alpha value is -1.07. The van der Waals surface area contributed by atoms with E-state index in [1.165, 1.54) is 23.5 Å². The lowest BCUT2D eigenvalue weighted by atomic mass is 10.1. The molecule has 2 rings (SSSR count). The van der Waals surface area contributed by atoms with Crippen LogP contribution < -0.4 is 0 Å². The maximum absolute atomic E-state index is 13.1. The first kappa shape index (κ1) is 12.4. The van der Waals surface area contributed by atoms with Crippen LogP contribution in [0.25, 0.3) is 0 Å². The molecule has 0 unspecified atom stereocenters. The molecule has 0 saturated carbocycles. The molecule has 0 aliphatic rings. The van der Waals surface area contributed by atoms with Crippen LogP contribution in [-0.4, -0.2) is 10.8 Å². The van der Waals surface area contributed by atoms with E-state index in [1.807, 2.05) is 6.92 Å². The SMILES string of the molecule is Cc1nc(C(=O)Cc2cc(F)ccc2Br)cs1. The number of nitrogens with zero attached hydrogens (tertiary/aromatic N) is 1. The number of carbonyl (C=O) groups excluding carboxylic acids is 1. The van der Waals surface area contributed by atoms with Crippen LogP contribution in [0.15, 0.2) is 28.1 Å². The fourth-order valence-electron chi connectivity index (χ4n) is 1.43. The van der Waals surface area contributed by atoms with E-state index in [0.29, 0.717) is 11.3 Å². The van der Waals surface area contributed by atoms with Gasteiger partial charge in [0.25, 0.3) is 0 Å². The summed E-state index contributed by atoms with van der Waals surface area (Å²) in [6.07, 6.45) is 0.154. The minimum absolute atomic E-state index is 0.0966. The number of ketones is 1. The van der Waals surface area contributed by atoms with E-state index >= 15 is 0 Å². The van der Waals surface area contributed by atoms with Crippen molar-refractivity contribution in [2.24, 2.45) is 0 Å². The first-order chi connectivity index (χ1) is 8.06. The first-order valence-corrected chi connectivity index (χ1v) is 6.63. The molecule has 2 aromatic rings. The van der Waals surface area contributed by atoms with E-state index in [9.17, 15) is 9.18 Å². The summed E-state index contributed by atoms with van der Waals surface area (Å²) in [5, 5.41) is 2.58. The number of carbonyl (C=O) groups is 1. The van der Waals surface area contributed by atoms with Crippen LogP contribution in [0.2, 0.25) is 0 Å². The number of thiazole rings is 1. The minimum atomic E-state index is -0.342. The summed E-state index contributed by atoms with van der Waals surface area (Å²) in [6, 6.07) is 4.32. The van der Waals surface area contributed by atoms with Crippen LogP contribution in [0.4, 0.5) is 4.39 Å². The second-order valence-electron chi connectivity index (χ2n) is 3.59. The van der Waals surface area contributed by atoms with Gasteiger partial charge in [0.05, 0.1) is 5.01 Å². The molecular weight excluding hydrogens is 305 g/mol. The fourth-order valence-corrected chi connectivity index (χ4v) is 2.44. The fraction of sp³-hybridized carbons (Fsp3) is 0.167. The summed E-state index contributed by atoms with van der Waals surface area (Å²) in [5.41, 5.74) is 1.09. The highest BCUT2D eigenvalue weighted by molar-refractivity contribution is 9.10. The molecule has 0 saturated heterocycles. The summed E-state index contributed by atoms with van der Waals surface area (Å²) < 4.78 is 13.8. The normalized spacial score (nSPS) is 10.5. The maximum atomic E-state index is 13.1. The molecule has 17 heavy (non-hydrogen) atoms. The third-order valence-corrected chi connectivity index (χ3v) is 3.81. The lowest BCUT2D eigenvalue weighted by Gasteiger charge is -2.02. The largest absolute Gasteiger partial charge is 0.292 e. The molecule has 1 aromatic heterocycles. The van der Waals surface area contributed by atoms with Crippen LogP contribution in [0.3, 0.4) is 0 Å². The van der Waals surface area contributed by atoms with Gasteiger partial charge in [0.1, 0.15) is 11.5 Å². The van der Waals surface area contributed by atoms with Gasteiger partial charge in [-0.2, -0.15) is 0 Å². The molecule has 0 aliphatic heterocycles. The molecule has 0 bridgehead atoms. The molecule has 0 N–H and O–H groups in total. The van der Waals surface area contributed by atoms with E-state index in [4.69, 9.17) is 0 Å². The summed E-state index contributed by atoms with van der Waals surface area (Å²) in [6.45, 7) is 1.85. The first-order valence-electron chi connectivity index (χ1n) is 4.95. The Morgan fingerprint density at radius 1 is 1.53 bits per heavy atom. The Bertz CT molecular complexity index is 567. The van der Waals surface area contributed by atoms with E-state index < -0.39 is 0 Å². The molecule has 0 fully saturated rings. The zero-order valence-electron chi connectivity index (χ0n) is 9.04. The number of benzene rings is 1. The van der Waals surface area contributed by atoms with Crippen LogP contribution in [0.1, 0.15) is 21.1 Å². The van der Waals surface area contributed by atoms with Gasteiger partial charge in [-0.1, -0.05) is 15.9 Å². The van der Waals surface area contributed by atoms with E-state index in [1.54, 1.807) is 11.4 Å². The van der Waals surface area contributed by atoms with Gasteiger partial charge in [0.2, 0.25) is 0 Å². The van der Waals surface area contributed by atoms with Crippen molar-refractivity contribution < 1.29 is 9.18 Å². The predicted octanol–water partition coefficient (Wildman–Crippen LogP) is 3.78. The molecule has 0 atom stereocenters. The Labute approximate surface area is 111 Å². The standard InChI is InChI=1S/C12H9BrFNOS/c1-7-15-11(6-17-7)12(16)5-8-4-9(14)2-3-10(8)13/h2-4,6H,5H2,1H3. The van der Waals surface area contributed by atoms with E-state index in [0.717, 1.165) is 9.48 Å². The van der Waals surface area contributed by atoms with Crippen LogP contribution in [0, 0.1) is 12.7 Å². The van der Waals surface area contributed by atoms with Gasteiger partial charge in [0, 0.05) is 16.3 Å². The molecule has 0 amide bonds. The lowest BCUT2D eigenvalue weighted by molar-refractivity contribution is 0.0988. The molecule has 88 valence electrons. The zero-order valence-corrected chi connectivity index (χ0v) is 11.4. The van der Waals surface area contributed by atoms with Crippen molar-refractivity contribution in [1.82, 2.24) is 4.98 Å². The molecule has 1 heterocycles. The highest BCUT2D eigenvalue weighted by Gasteiger charge is 2.12. The topological polar surface area (TPSA) is 30.0 Å². The average molecular weight is 314 g/mol. The van der Waals surface area contributed by atoms with Gasteiger partial charge in [0.15, 0.2) is 5.78 Å². The van der Waals surface area contributed by atoms with Gasteiger partial charge in [-0.3, -0.25) is 4.79 Å². The third kappa shape index (κ3) is 2.98. The summed E-state index contributed by atoms with van der Waals surface area (Å²) >= 11 is 4.73. The average Bonchev–Trinajstić information content (AvgIpc) is 2.70. The quantitative estimate of drug-likeness (QED) is 0.807. The molecule has 5 heteroatoms. The predicted molar refractivity (Wildman–Crippen MR) is 69.0 cm³/mol. The molecule has 0 spiro atoms. The van der Waals surface area contributed by atoms with Crippen LogP contribution in [-0.2, 0) is 6.42 Å². The van der Waals surface area contributed by atoms with Crippen molar-refractivity contribution in [2.45, 2.75) is 13.3 Å². The van der Waals surface area contributed by atoms with Crippen molar-refractivity contribution in [2.75, 3.05) is 0 Å². The van der Waals surface area contributed by atoms with Gasteiger partial charge in [-0.05, 0) is 30.7 Å². The maximum Gasteiger partial charge on any atom is 0.186 e. The van der Waals surface area contributed by atoms with Crippen molar-refractivity contribution in [3.63, 3.8) is 0 Å². The van der Waals surface area contributed by atoms with Gasteiger partial charge in [-0.25, -0.2) is 9.37 Å². The zero-order chi connectivity index (χ0) is 12.4. The van der Waals surface area contributed by atoms with E-state index in [-0.39, 0.29) is 18.0 Å². The molecule has 2 nitrogen and oxygen atoms in total. The number of hydrogen-bond acceptors (Lipinski definition) is 3. The number of halogens is 2. The summed E-state index contributed by atoms with van der Waals surface area (Å²) in [7, 11) is 0. The highest BCUT2D eigenvalue weighted by Crippen LogP contribution is 2.20. The third-order valence-electron chi connectivity index (χ3n) is 2.26. The van der Waals surface area contributed by atoms with Crippen molar-refractivity contribution >= 4 is 33.0 Å². The number of aryl methyl sites for hydroxylation is 1. The summed E-state index contributed by atoms with van der Waals surface area (Å²) in [4.78, 5) is 16.0. The molecule has 1 aromatic carbocycles. The molecular formula is C12H9BrFNOS. The van der Waals surface area contributed by atoms with Crippen molar-refractivity contribution in [3.05, 3.63) is 50.1 Å². The van der Waals surface area contributed by atoms with Crippen LogP contribution in [0.5, 0.6) is 0 Å². The number of rotatable bonds is 3. The van der Waals surface area contributed by atoms with Gasteiger partial charge < -0.3 is 0 Å². The second kappa shape index (κ2) is 5.06. The van der Waals surface area contributed by atoms with E-state index in [2.05, 4.69) is 20.9 Å². The van der Waals surface area contributed by atoms with Gasteiger partial charge in [-0.15, -0.1) is 11.3 Å². The lowest BCUT2D eigenvalue weighted by Crippen LogP contribution is -2.05. The van der Waals surface area contributed by atoms with Crippen molar-refractivity contribution in [1.29, 1.82) is 0 Å². The number of Topliss-reactive ketones (excluding diaryl/α,β-unsaturated/α-hetero) is 1. The smallest absolute Gasteiger partial charge is 0.186 e. The Morgan fingerprint density at radius 3 is 2.94 bits per heavy atom. The highest BCUT2D eigenvalue weighted by atomic mass is 79.9. The monoisotopic (exact) mass is 313 g/mol. The Kier molecular flexibility index (Phi) is 3.69. The van der Waals surface area contributed by atoms with Crippen LogP contribution >= 0.6 is 27.3 Å². The Morgan fingerprint density at radius 2 is 2.29 bits per heavy atom. The Balaban J connectivity index is 2.21. The molecule has 0 aliphatic carbocycles. The number of aromatic nitrogens is 1. The summed E-state index contributed by atoms with van der Waals surface area (Å²) in [5.74, 6) is -0.439.